The van der Waals surface area contributed by atoms with Crippen LogP contribution < -0.4 is 20.7 Å². The Morgan fingerprint density at radius 3 is 2.71 bits per heavy atom. The fourth-order valence-corrected chi connectivity index (χ4v) is 3.84. The molecule has 124 valence electrons. The quantitative estimate of drug-likeness (QED) is 0.879. The molecule has 2 aromatic rings. The third-order valence-corrected chi connectivity index (χ3v) is 5.09. The van der Waals surface area contributed by atoms with Crippen LogP contribution in [0.25, 0.3) is 0 Å². The van der Waals surface area contributed by atoms with Crippen molar-refractivity contribution in [2.45, 2.75) is 18.6 Å². The van der Waals surface area contributed by atoms with E-state index in [2.05, 4.69) is 10.2 Å². The molecule has 0 spiro atoms. The molecule has 0 unspecified atom stereocenters. The first-order valence-corrected chi connectivity index (χ1v) is 8.27. The zero-order valence-corrected chi connectivity index (χ0v) is 14.0. The summed E-state index contributed by atoms with van der Waals surface area (Å²) in [4.78, 5) is 14.8. The summed E-state index contributed by atoms with van der Waals surface area (Å²) in [7, 11) is 1.63. The molecule has 0 saturated carbocycles. The van der Waals surface area contributed by atoms with E-state index >= 15 is 0 Å². The number of anilines is 1. The van der Waals surface area contributed by atoms with E-state index in [1.54, 1.807) is 19.2 Å². The highest BCUT2D eigenvalue weighted by Gasteiger charge is 2.38. The van der Waals surface area contributed by atoms with Gasteiger partial charge in [0.1, 0.15) is 11.9 Å². The molecular weight excluding hydrogens is 326 g/mol. The normalized spacial score (nSPS) is 22.0. The number of rotatable bonds is 2. The van der Waals surface area contributed by atoms with E-state index in [0.29, 0.717) is 10.6 Å². The molecule has 0 saturated heterocycles. The summed E-state index contributed by atoms with van der Waals surface area (Å²) in [5.41, 5.74) is 9.63. The molecule has 0 fully saturated rings. The highest BCUT2D eigenvalue weighted by atomic mass is 35.5. The van der Waals surface area contributed by atoms with E-state index in [0.717, 1.165) is 35.5 Å². The summed E-state index contributed by atoms with van der Waals surface area (Å²) in [6.45, 7) is 0.762. The maximum absolute atomic E-state index is 12.6. The zero-order valence-electron chi connectivity index (χ0n) is 13.3. The second-order valence-corrected chi connectivity index (χ2v) is 6.50. The fraction of sp³-hybridized carbons (Fsp3) is 0.278. The van der Waals surface area contributed by atoms with Gasteiger partial charge in [0, 0.05) is 23.2 Å². The van der Waals surface area contributed by atoms with Crippen LogP contribution in [0.4, 0.5) is 5.69 Å². The minimum atomic E-state index is -0.236. The van der Waals surface area contributed by atoms with Gasteiger partial charge in [-0.25, -0.2) is 0 Å². The van der Waals surface area contributed by atoms with Gasteiger partial charge in [-0.1, -0.05) is 23.7 Å². The minimum absolute atomic E-state index is 0.103. The van der Waals surface area contributed by atoms with Crippen LogP contribution in [0.2, 0.25) is 5.02 Å². The van der Waals surface area contributed by atoms with E-state index in [1.165, 1.54) is 0 Å². The average molecular weight is 344 g/mol. The number of methoxy groups -OCH3 is 1. The molecule has 3 N–H and O–H groups in total. The molecule has 0 aliphatic carbocycles. The van der Waals surface area contributed by atoms with E-state index < -0.39 is 0 Å². The predicted molar refractivity (Wildman–Crippen MR) is 93.5 cm³/mol. The topological polar surface area (TPSA) is 67.6 Å². The largest absolute Gasteiger partial charge is 0.497 e. The van der Waals surface area contributed by atoms with Crippen molar-refractivity contribution in [3.63, 3.8) is 0 Å². The van der Waals surface area contributed by atoms with Crippen LogP contribution in [0, 0.1) is 0 Å². The second-order valence-electron chi connectivity index (χ2n) is 6.09. The Hall–Kier alpha value is -2.24. The molecular formula is C18H18ClN3O2. The lowest BCUT2D eigenvalue weighted by Gasteiger charge is -2.44. The number of carbonyl (C=O) groups is 1. The number of nitrogens with zero attached hydrogens (tertiary/aromatic N) is 1. The molecule has 2 atom stereocenters. The van der Waals surface area contributed by atoms with Gasteiger partial charge in [-0.15, -0.1) is 0 Å². The van der Waals surface area contributed by atoms with E-state index in [1.807, 2.05) is 24.3 Å². The number of carbonyl (C=O) groups excluding carboxylic acids is 1. The maximum atomic E-state index is 12.6. The van der Waals surface area contributed by atoms with Crippen molar-refractivity contribution in [2.75, 3.05) is 18.6 Å². The molecule has 5 nitrogen and oxygen atoms in total. The van der Waals surface area contributed by atoms with Crippen LogP contribution in [0.3, 0.4) is 0 Å². The first-order valence-electron chi connectivity index (χ1n) is 7.89. The van der Waals surface area contributed by atoms with E-state index in [4.69, 9.17) is 22.1 Å². The average Bonchev–Trinajstić information content (AvgIpc) is 2.60. The van der Waals surface area contributed by atoms with Gasteiger partial charge >= 0.3 is 0 Å². The molecule has 0 bridgehead atoms. The minimum Gasteiger partial charge on any atom is -0.497 e. The number of hydrogen-bond acceptors (Lipinski definition) is 4. The van der Waals surface area contributed by atoms with Crippen LogP contribution in [0.1, 0.15) is 40.1 Å². The molecule has 1 amide bonds. The number of hydrogen-bond donors (Lipinski definition) is 2. The lowest BCUT2D eigenvalue weighted by Crippen LogP contribution is -2.49. The molecule has 2 aromatic carbocycles. The standard InChI is InChI=1S/C18H18ClN3O2/c1-24-11-4-2-10(3-5-11)17-21-18(23)12-6-7-13(19)15-14(20)8-9-22(17)16(12)15/h2-7,14,17H,8-9,20H2,1H3,(H,21,23)/t14-,17+/m0/s1. The van der Waals surface area contributed by atoms with Gasteiger partial charge in [0.25, 0.3) is 5.91 Å². The Labute approximate surface area is 145 Å². The number of nitrogens with two attached hydrogens (primary N) is 1. The lowest BCUT2D eigenvalue weighted by molar-refractivity contribution is 0.0925. The zero-order chi connectivity index (χ0) is 16.8. The molecule has 2 aliphatic rings. The third kappa shape index (κ3) is 2.24. The molecule has 2 aliphatic heterocycles. The van der Waals surface area contributed by atoms with E-state index in [9.17, 15) is 4.79 Å². The van der Waals surface area contributed by atoms with Gasteiger partial charge in [0.2, 0.25) is 0 Å². The van der Waals surface area contributed by atoms with Crippen molar-refractivity contribution >= 4 is 23.2 Å². The fourth-order valence-electron chi connectivity index (χ4n) is 3.55. The molecule has 24 heavy (non-hydrogen) atoms. The van der Waals surface area contributed by atoms with Crippen molar-refractivity contribution in [1.82, 2.24) is 5.32 Å². The van der Waals surface area contributed by atoms with Crippen molar-refractivity contribution in [3.8, 4) is 5.75 Å². The summed E-state index contributed by atoms with van der Waals surface area (Å²) in [5.74, 6) is 0.680. The van der Waals surface area contributed by atoms with Crippen LogP contribution in [0.15, 0.2) is 36.4 Å². The SMILES string of the molecule is COc1ccc([C@@H]2NC(=O)c3ccc(Cl)c4c3N2CC[C@@H]4N)cc1. The molecule has 0 aromatic heterocycles. The van der Waals surface area contributed by atoms with Crippen molar-refractivity contribution in [1.29, 1.82) is 0 Å². The number of nitrogens with one attached hydrogen (secondary N) is 1. The number of ether oxygens (including phenoxy) is 1. The van der Waals surface area contributed by atoms with Crippen molar-refractivity contribution in [2.24, 2.45) is 5.73 Å². The molecule has 0 radical (unpaired) electrons. The van der Waals surface area contributed by atoms with Crippen molar-refractivity contribution in [3.05, 3.63) is 58.1 Å². The van der Waals surface area contributed by atoms with Gasteiger partial charge < -0.3 is 20.7 Å². The van der Waals surface area contributed by atoms with Crippen molar-refractivity contribution < 1.29 is 9.53 Å². The first-order chi connectivity index (χ1) is 11.6. The number of halogens is 1. The third-order valence-electron chi connectivity index (χ3n) is 4.76. The highest BCUT2D eigenvalue weighted by Crippen LogP contribution is 2.45. The van der Waals surface area contributed by atoms with Crippen LogP contribution in [-0.4, -0.2) is 19.6 Å². The monoisotopic (exact) mass is 343 g/mol. The molecule has 6 heteroatoms. The van der Waals surface area contributed by atoms with Crippen LogP contribution >= 0.6 is 11.6 Å². The Balaban J connectivity index is 1.83. The van der Waals surface area contributed by atoms with Gasteiger partial charge in [-0.05, 0) is 36.2 Å². The maximum Gasteiger partial charge on any atom is 0.255 e. The van der Waals surface area contributed by atoms with E-state index in [-0.39, 0.29) is 18.1 Å². The number of amides is 1. The lowest BCUT2D eigenvalue weighted by atomic mass is 9.90. The van der Waals surface area contributed by atoms with Crippen LogP contribution in [-0.2, 0) is 0 Å². The molecule has 4 rings (SSSR count). The Kier molecular flexibility index (Phi) is 3.62. The molecule has 2 heterocycles. The summed E-state index contributed by atoms with van der Waals surface area (Å²) >= 11 is 6.38. The van der Waals surface area contributed by atoms with Gasteiger partial charge in [0.15, 0.2) is 0 Å². The Morgan fingerprint density at radius 2 is 2.00 bits per heavy atom. The van der Waals surface area contributed by atoms with Gasteiger partial charge in [-0.2, -0.15) is 0 Å². The summed E-state index contributed by atoms with van der Waals surface area (Å²) < 4.78 is 5.21. The summed E-state index contributed by atoms with van der Waals surface area (Å²) in [6, 6.07) is 11.1. The second kappa shape index (κ2) is 5.69. The Morgan fingerprint density at radius 1 is 1.25 bits per heavy atom. The summed E-state index contributed by atoms with van der Waals surface area (Å²) in [6.07, 6.45) is 0.555. The number of benzene rings is 2. The van der Waals surface area contributed by atoms with Gasteiger partial charge in [-0.3, -0.25) is 4.79 Å². The Bertz CT molecular complexity index is 807. The first kappa shape index (κ1) is 15.3. The van der Waals surface area contributed by atoms with Crippen LogP contribution in [0.5, 0.6) is 5.75 Å². The predicted octanol–water partition coefficient (Wildman–Crippen LogP) is 3.00. The summed E-state index contributed by atoms with van der Waals surface area (Å²) in [5, 5.41) is 3.70. The smallest absolute Gasteiger partial charge is 0.255 e. The van der Waals surface area contributed by atoms with Gasteiger partial charge in [0.05, 0.1) is 18.4 Å². The highest BCUT2D eigenvalue weighted by molar-refractivity contribution is 6.32.